The van der Waals surface area contributed by atoms with E-state index in [2.05, 4.69) is 162 Å². The minimum Gasteiger partial charge on any atom is -0.349 e. The third-order valence-corrected chi connectivity index (χ3v) is 12.0. The van der Waals surface area contributed by atoms with Crippen LogP contribution in [0, 0.1) is 55.4 Å². The van der Waals surface area contributed by atoms with Crippen LogP contribution in [0.3, 0.4) is 0 Å². The lowest BCUT2D eigenvalue weighted by Crippen LogP contribution is -1.91. The van der Waals surface area contributed by atoms with Crippen LogP contribution < -0.4 is 0 Å². The van der Waals surface area contributed by atoms with Gasteiger partial charge in [0.15, 0.2) is 0 Å². The third-order valence-electron chi connectivity index (χ3n) is 12.0. The zero-order valence-electron chi connectivity index (χ0n) is 36.3. The van der Waals surface area contributed by atoms with E-state index in [0.29, 0.717) is 0 Å². The van der Waals surface area contributed by atoms with Gasteiger partial charge in [-0.15, -0.1) is 0 Å². The molecule has 0 aliphatic heterocycles. The number of hydrogen-bond acceptors (Lipinski definition) is 5. The van der Waals surface area contributed by atoms with E-state index in [9.17, 15) is 0 Å². The van der Waals surface area contributed by atoms with E-state index in [1.807, 2.05) is 80.9 Å². The Hall–Kier alpha value is -6.55. The van der Waals surface area contributed by atoms with Gasteiger partial charge < -0.3 is 22.8 Å². The summed E-state index contributed by atoms with van der Waals surface area (Å²) < 4.78 is 10.7. The first-order chi connectivity index (χ1) is 27.7. The Bertz CT molecular complexity index is 2510. The standard InChI is InChI=1S/4C10H12N2.C8H8N2/c1-7-8(2)12(3)10-4-5-11-6-9(7)10;1-7-8(2)12(3)10-6-11-5-4-9(7)10;1-7-8(2)12(3)9-5-4-6-11-10(7)9;1-7-8(2)12(3)10-9(7)5-4-6-11-10;1-10-6-4-7-8(10)3-2-5-9-7/h4*4-6H,1-3H3;2-6H,1H3. The molecule has 10 aromatic heterocycles. The molecule has 10 heterocycles. The second kappa shape index (κ2) is 17.3. The monoisotopic (exact) mass is 772 g/mol. The van der Waals surface area contributed by atoms with Gasteiger partial charge in [-0.2, -0.15) is 0 Å². The Balaban J connectivity index is 0.000000122. The predicted octanol–water partition coefficient (Wildman–Crippen LogP) is 10.3. The molecule has 0 atom stereocenters. The van der Waals surface area contributed by atoms with Gasteiger partial charge in [-0.1, -0.05) is 0 Å². The van der Waals surface area contributed by atoms with Crippen molar-refractivity contribution in [3.05, 3.63) is 149 Å². The van der Waals surface area contributed by atoms with Crippen LogP contribution >= 0.6 is 0 Å². The number of fused-ring (bicyclic) bond motifs is 5. The molecule has 298 valence electrons. The Labute approximate surface area is 341 Å². The lowest BCUT2D eigenvalue weighted by Gasteiger charge is -1.96. The van der Waals surface area contributed by atoms with Crippen LogP contribution in [0.4, 0.5) is 0 Å². The fourth-order valence-electron chi connectivity index (χ4n) is 7.41. The number of rotatable bonds is 0. The van der Waals surface area contributed by atoms with Gasteiger partial charge in [0.05, 0.1) is 39.3 Å². The predicted molar refractivity (Wildman–Crippen MR) is 241 cm³/mol. The van der Waals surface area contributed by atoms with Crippen molar-refractivity contribution in [1.29, 1.82) is 0 Å². The van der Waals surface area contributed by atoms with Crippen molar-refractivity contribution in [3.8, 4) is 0 Å². The first-order valence-electron chi connectivity index (χ1n) is 19.5. The molecule has 0 aromatic carbocycles. The molecule has 0 saturated heterocycles. The van der Waals surface area contributed by atoms with Gasteiger partial charge in [-0.05, 0) is 132 Å². The lowest BCUT2D eigenvalue weighted by molar-refractivity contribution is 0.895. The van der Waals surface area contributed by atoms with Crippen LogP contribution in [-0.4, -0.2) is 47.8 Å². The molecule has 0 unspecified atom stereocenters. The molecular weight excluding hydrogens is 717 g/mol. The Kier molecular flexibility index (Phi) is 12.3. The van der Waals surface area contributed by atoms with Gasteiger partial charge >= 0.3 is 0 Å². The summed E-state index contributed by atoms with van der Waals surface area (Å²) in [4.78, 5) is 21.1. The molecule has 0 spiro atoms. The SMILES string of the molecule is Cc1c(C)n(C)c2cccnc12.Cc1c(C)n(C)c2ccncc12.Cc1c(C)n(C)c2cnccc12.Cc1c(C)n(C)c2ncccc12.Cn1ccc2ncccc21. The number of hydrogen-bond donors (Lipinski definition) is 0. The summed E-state index contributed by atoms with van der Waals surface area (Å²) in [5.74, 6) is 0. The molecule has 0 amide bonds. The van der Waals surface area contributed by atoms with Crippen molar-refractivity contribution in [2.24, 2.45) is 35.2 Å². The van der Waals surface area contributed by atoms with Gasteiger partial charge in [0.1, 0.15) is 5.65 Å². The van der Waals surface area contributed by atoms with E-state index in [4.69, 9.17) is 0 Å². The topological polar surface area (TPSA) is 89.1 Å². The highest BCUT2D eigenvalue weighted by Crippen LogP contribution is 2.24. The summed E-state index contributed by atoms with van der Waals surface area (Å²) >= 11 is 0. The smallest absolute Gasteiger partial charge is 0.140 e. The van der Waals surface area contributed by atoms with Crippen LogP contribution in [0.5, 0.6) is 0 Å². The maximum atomic E-state index is 4.34. The Morgan fingerprint density at radius 1 is 0.397 bits per heavy atom. The van der Waals surface area contributed by atoms with E-state index in [1.165, 1.54) is 83.3 Å². The molecule has 10 heteroatoms. The molecule has 10 nitrogen and oxygen atoms in total. The van der Waals surface area contributed by atoms with Gasteiger partial charge in [-0.25, -0.2) is 4.98 Å². The van der Waals surface area contributed by atoms with Crippen molar-refractivity contribution < 1.29 is 0 Å². The molecule has 10 aromatic rings. The van der Waals surface area contributed by atoms with Crippen LogP contribution in [0.15, 0.2) is 104 Å². The second-order valence-electron chi connectivity index (χ2n) is 14.9. The van der Waals surface area contributed by atoms with Gasteiger partial charge in [0.25, 0.3) is 0 Å². The number of aromatic nitrogens is 10. The van der Waals surface area contributed by atoms with Crippen molar-refractivity contribution >= 4 is 54.9 Å². The molecule has 0 radical (unpaired) electrons. The highest BCUT2D eigenvalue weighted by atomic mass is 15.0. The molecule has 0 bridgehead atoms. The van der Waals surface area contributed by atoms with Gasteiger partial charge in [-0.3, -0.25) is 19.9 Å². The van der Waals surface area contributed by atoms with Crippen molar-refractivity contribution in [2.45, 2.75) is 55.4 Å². The molecular formula is C48H56N10. The summed E-state index contributed by atoms with van der Waals surface area (Å²) in [5.41, 5.74) is 18.7. The van der Waals surface area contributed by atoms with Crippen molar-refractivity contribution in [1.82, 2.24) is 47.8 Å². The molecule has 58 heavy (non-hydrogen) atoms. The van der Waals surface area contributed by atoms with Gasteiger partial charge in [0.2, 0.25) is 0 Å². The first kappa shape index (κ1) is 41.1. The van der Waals surface area contributed by atoms with E-state index < -0.39 is 0 Å². The fourth-order valence-corrected chi connectivity index (χ4v) is 7.41. The van der Waals surface area contributed by atoms with Crippen LogP contribution in [0.1, 0.15) is 45.0 Å². The molecule has 0 aliphatic carbocycles. The summed E-state index contributed by atoms with van der Waals surface area (Å²) in [7, 11) is 10.3. The molecule has 0 saturated carbocycles. The highest BCUT2D eigenvalue weighted by molar-refractivity contribution is 5.85. The molecule has 0 aliphatic rings. The zero-order chi connectivity index (χ0) is 41.8. The number of aryl methyl sites for hydroxylation is 9. The largest absolute Gasteiger partial charge is 0.349 e. The Morgan fingerprint density at radius 2 is 0.931 bits per heavy atom. The van der Waals surface area contributed by atoms with Crippen LogP contribution in [0.2, 0.25) is 0 Å². The summed E-state index contributed by atoms with van der Waals surface area (Å²) in [6.07, 6.45) is 15.0. The molecule has 0 N–H and O–H groups in total. The number of nitrogens with zero attached hydrogens (tertiary/aromatic N) is 10. The maximum absolute atomic E-state index is 4.34. The first-order valence-corrected chi connectivity index (χ1v) is 19.5. The van der Waals surface area contributed by atoms with Crippen molar-refractivity contribution in [2.75, 3.05) is 0 Å². The fraction of sp³-hybridized carbons (Fsp3) is 0.271. The van der Waals surface area contributed by atoms with Crippen LogP contribution in [0.25, 0.3) is 54.9 Å². The van der Waals surface area contributed by atoms with E-state index in [-0.39, 0.29) is 0 Å². The van der Waals surface area contributed by atoms with E-state index >= 15 is 0 Å². The number of pyridine rings is 5. The van der Waals surface area contributed by atoms with E-state index in [1.54, 1.807) is 0 Å². The highest BCUT2D eigenvalue weighted by Gasteiger charge is 2.09. The van der Waals surface area contributed by atoms with E-state index in [0.717, 1.165) is 16.7 Å². The normalized spacial score (nSPS) is 10.8. The second-order valence-corrected chi connectivity index (χ2v) is 14.9. The third kappa shape index (κ3) is 7.87. The minimum absolute atomic E-state index is 1.06. The Morgan fingerprint density at radius 3 is 1.59 bits per heavy atom. The summed E-state index contributed by atoms with van der Waals surface area (Å²) in [6.45, 7) is 17.1. The zero-order valence-corrected chi connectivity index (χ0v) is 36.3. The average Bonchev–Trinajstić information content (AvgIpc) is 3.95. The maximum Gasteiger partial charge on any atom is 0.140 e. The lowest BCUT2D eigenvalue weighted by atomic mass is 10.2. The van der Waals surface area contributed by atoms with Crippen molar-refractivity contribution in [3.63, 3.8) is 0 Å². The minimum atomic E-state index is 1.06. The summed E-state index contributed by atoms with van der Waals surface area (Å²) in [5, 5.41) is 3.83. The average molecular weight is 773 g/mol. The summed E-state index contributed by atoms with van der Waals surface area (Å²) in [6, 6.07) is 18.3. The van der Waals surface area contributed by atoms with Gasteiger partial charge in [0, 0.05) is 118 Å². The molecule has 0 fully saturated rings. The van der Waals surface area contributed by atoms with Crippen LogP contribution in [-0.2, 0) is 35.2 Å². The quantitative estimate of drug-likeness (QED) is 0.153. The molecule has 10 rings (SSSR count).